The van der Waals surface area contributed by atoms with Gasteiger partial charge in [0.25, 0.3) is 5.91 Å². The fraction of sp³-hybridized carbons (Fsp3) is 0.579. The van der Waals surface area contributed by atoms with Crippen LogP contribution in [0.15, 0.2) is 24.3 Å². The van der Waals surface area contributed by atoms with Crippen molar-refractivity contribution >= 4 is 11.8 Å². The van der Waals surface area contributed by atoms with E-state index in [9.17, 15) is 9.59 Å². The molecule has 2 amide bonds. The van der Waals surface area contributed by atoms with Crippen molar-refractivity contribution in [2.45, 2.75) is 39.7 Å². The van der Waals surface area contributed by atoms with E-state index in [0.717, 1.165) is 32.5 Å². The lowest BCUT2D eigenvalue weighted by atomic mass is 10.1. The van der Waals surface area contributed by atoms with Crippen LogP contribution in [0.3, 0.4) is 0 Å². The molecule has 0 radical (unpaired) electrons. The molecule has 0 aliphatic carbocycles. The topological polar surface area (TPSA) is 70.7 Å². The first-order valence-electron chi connectivity index (χ1n) is 8.94. The van der Waals surface area contributed by atoms with Crippen molar-refractivity contribution in [3.8, 4) is 5.75 Å². The summed E-state index contributed by atoms with van der Waals surface area (Å²) in [5.74, 6) is 0.247. The molecule has 140 valence electrons. The SMILES string of the molecule is CCN(CC)CCC[C@H](C)NC(=O)CNC(=O)c1ccc(OC)cc1. The summed E-state index contributed by atoms with van der Waals surface area (Å²) < 4.78 is 5.05. The maximum Gasteiger partial charge on any atom is 0.251 e. The Morgan fingerprint density at radius 2 is 1.80 bits per heavy atom. The quantitative estimate of drug-likeness (QED) is 0.641. The van der Waals surface area contributed by atoms with Crippen LogP contribution in [0.1, 0.15) is 44.0 Å². The Balaban J connectivity index is 2.27. The number of nitrogens with one attached hydrogen (secondary N) is 2. The maximum atomic E-state index is 12.0. The molecule has 0 saturated heterocycles. The van der Waals surface area contributed by atoms with Crippen LogP contribution in [-0.4, -0.2) is 56.0 Å². The molecule has 1 rings (SSSR count). The number of benzene rings is 1. The molecule has 1 atom stereocenters. The third kappa shape index (κ3) is 8.03. The molecule has 25 heavy (non-hydrogen) atoms. The second-order valence-electron chi connectivity index (χ2n) is 6.05. The van der Waals surface area contributed by atoms with E-state index in [1.807, 2.05) is 6.92 Å². The number of nitrogens with zero attached hydrogens (tertiary/aromatic N) is 1. The van der Waals surface area contributed by atoms with Crippen LogP contribution >= 0.6 is 0 Å². The first-order chi connectivity index (χ1) is 12.0. The fourth-order valence-corrected chi connectivity index (χ4v) is 2.56. The highest BCUT2D eigenvalue weighted by atomic mass is 16.5. The first-order valence-corrected chi connectivity index (χ1v) is 8.94. The molecule has 0 aromatic heterocycles. The molecular weight excluding hydrogens is 318 g/mol. The van der Waals surface area contributed by atoms with Crippen LogP contribution in [0.2, 0.25) is 0 Å². The van der Waals surface area contributed by atoms with Crippen molar-refractivity contribution < 1.29 is 14.3 Å². The van der Waals surface area contributed by atoms with Crippen molar-refractivity contribution in [2.24, 2.45) is 0 Å². The van der Waals surface area contributed by atoms with E-state index in [1.54, 1.807) is 31.4 Å². The minimum absolute atomic E-state index is 0.0226. The number of carbonyl (C=O) groups is 2. The number of hydrogen-bond donors (Lipinski definition) is 2. The van der Waals surface area contributed by atoms with Gasteiger partial charge in [-0.05, 0) is 63.7 Å². The lowest BCUT2D eigenvalue weighted by molar-refractivity contribution is -0.120. The summed E-state index contributed by atoms with van der Waals surface area (Å²) in [5, 5.41) is 5.56. The minimum atomic E-state index is -0.271. The zero-order chi connectivity index (χ0) is 18.7. The number of rotatable bonds is 11. The average molecular weight is 349 g/mol. The van der Waals surface area contributed by atoms with Crippen LogP contribution in [0.5, 0.6) is 5.75 Å². The Morgan fingerprint density at radius 3 is 2.36 bits per heavy atom. The summed E-state index contributed by atoms with van der Waals surface area (Å²) in [5.41, 5.74) is 0.501. The van der Waals surface area contributed by atoms with Gasteiger partial charge >= 0.3 is 0 Å². The van der Waals surface area contributed by atoms with Gasteiger partial charge in [0.1, 0.15) is 5.75 Å². The summed E-state index contributed by atoms with van der Waals surface area (Å²) in [6.45, 7) is 9.42. The Kier molecular flexibility index (Phi) is 9.62. The molecule has 6 heteroatoms. The number of methoxy groups -OCH3 is 1. The van der Waals surface area contributed by atoms with E-state index in [-0.39, 0.29) is 24.4 Å². The molecule has 0 heterocycles. The standard InChI is InChI=1S/C19H31N3O3/c1-5-22(6-2)13-7-8-15(3)21-18(23)14-20-19(24)16-9-11-17(25-4)12-10-16/h9-12,15H,5-8,13-14H2,1-4H3,(H,20,24)(H,21,23)/t15-/m0/s1. The molecule has 0 spiro atoms. The molecule has 0 unspecified atom stereocenters. The van der Waals surface area contributed by atoms with Gasteiger partial charge in [-0.1, -0.05) is 13.8 Å². The van der Waals surface area contributed by atoms with Crippen molar-refractivity contribution in [1.29, 1.82) is 0 Å². The maximum absolute atomic E-state index is 12.0. The molecule has 1 aromatic rings. The highest BCUT2D eigenvalue weighted by Crippen LogP contribution is 2.10. The molecule has 0 saturated carbocycles. The van der Waals surface area contributed by atoms with Crippen LogP contribution < -0.4 is 15.4 Å². The van der Waals surface area contributed by atoms with Crippen molar-refractivity contribution in [2.75, 3.05) is 33.3 Å². The predicted molar refractivity (Wildman–Crippen MR) is 100.0 cm³/mol. The third-order valence-corrected chi connectivity index (χ3v) is 4.18. The van der Waals surface area contributed by atoms with Crippen molar-refractivity contribution in [3.63, 3.8) is 0 Å². The molecular formula is C19H31N3O3. The molecule has 0 fully saturated rings. The van der Waals surface area contributed by atoms with Gasteiger partial charge in [0.05, 0.1) is 13.7 Å². The summed E-state index contributed by atoms with van der Waals surface area (Å²) in [6, 6.07) is 6.87. The van der Waals surface area contributed by atoms with Gasteiger partial charge in [0.15, 0.2) is 0 Å². The first kappa shape index (κ1) is 21.0. The van der Waals surface area contributed by atoms with E-state index in [2.05, 4.69) is 29.4 Å². The predicted octanol–water partition coefficient (Wildman–Crippen LogP) is 2.05. The lowest BCUT2D eigenvalue weighted by Gasteiger charge is -2.19. The molecule has 1 aromatic carbocycles. The van der Waals surface area contributed by atoms with Gasteiger partial charge in [-0.3, -0.25) is 9.59 Å². The Hall–Kier alpha value is -2.08. The van der Waals surface area contributed by atoms with Gasteiger partial charge in [-0.25, -0.2) is 0 Å². The smallest absolute Gasteiger partial charge is 0.251 e. The Bertz CT molecular complexity index is 527. The number of amides is 2. The van der Waals surface area contributed by atoms with Gasteiger partial charge in [0, 0.05) is 11.6 Å². The minimum Gasteiger partial charge on any atom is -0.497 e. The molecule has 6 nitrogen and oxygen atoms in total. The number of hydrogen-bond acceptors (Lipinski definition) is 4. The van der Waals surface area contributed by atoms with E-state index in [1.165, 1.54) is 0 Å². The number of ether oxygens (including phenoxy) is 1. The second kappa shape index (κ2) is 11.5. The van der Waals surface area contributed by atoms with E-state index in [4.69, 9.17) is 4.74 Å². The van der Waals surface area contributed by atoms with Crippen LogP contribution in [0, 0.1) is 0 Å². The van der Waals surface area contributed by atoms with Gasteiger partial charge in [-0.2, -0.15) is 0 Å². The lowest BCUT2D eigenvalue weighted by Crippen LogP contribution is -2.41. The Morgan fingerprint density at radius 1 is 1.16 bits per heavy atom. The average Bonchev–Trinajstić information content (AvgIpc) is 2.63. The van der Waals surface area contributed by atoms with E-state index >= 15 is 0 Å². The highest BCUT2D eigenvalue weighted by Gasteiger charge is 2.11. The molecule has 0 bridgehead atoms. The van der Waals surface area contributed by atoms with E-state index in [0.29, 0.717) is 11.3 Å². The highest BCUT2D eigenvalue weighted by molar-refractivity contribution is 5.96. The second-order valence-corrected chi connectivity index (χ2v) is 6.05. The molecule has 0 aliphatic heterocycles. The van der Waals surface area contributed by atoms with Crippen LogP contribution in [0.25, 0.3) is 0 Å². The molecule has 2 N–H and O–H groups in total. The van der Waals surface area contributed by atoms with Gasteiger partial charge < -0.3 is 20.3 Å². The van der Waals surface area contributed by atoms with Crippen LogP contribution in [0.4, 0.5) is 0 Å². The van der Waals surface area contributed by atoms with Crippen molar-refractivity contribution in [3.05, 3.63) is 29.8 Å². The van der Waals surface area contributed by atoms with Gasteiger partial charge in [-0.15, -0.1) is 0 Å². The zero-order valence-electron chi connectivity index (χ0n) is 15.8. The molecule has 0 aliphatic rings. The summed E-state index contributed by atoms with van der Waals surface area (Å²) in [7, 11) is 1.57. The van der Waals surface area contributed by atoms with Crippen LogP contribution in [-0.2, 0) is 4.79 Å². The summed E-state index contributed by atoms with van der Waals surface area (Å²) in [6.07, 6.45) is 1.97. The zero-order valence-corrected chi connectivity index (χ0v) is 15.8. The van der Waals surface area contributed by atoms with Gasteiger partial charge in [0.2, 0.25) is 5.91 Å². The Labute approximate surface area is 150 Å². The normalized spacial score (nSPS) is 11.9. The summed E-state index contributed by atoms with van der Waals surface area (Å²) >= 11 is 0. The summed E-state index contributed by atoms with van der Waals surface area (Å²) in [4.78, 5) is 26.3. The number of carbonyl (C=O) groups excluding carboxylic acids is 2. The third-order valence-electron chi connectivity index (χ3n) is 4.18. The van der Waals surface area contributed by atoms with E-state index < -0.39 is 0 Å². The monoisotopic (exact) mass is 349 g/mol. The fourth-order valence-electron chi connectivity index (χ4n) is 2.56. The van der Waals surface area contributed by atoms with Crippen molar-refractivity contribution in [1.82, 2.24) is 15.5 Å². The largest absolute Gasteiger partial charge is 0.497 e.